The molecule has 2 rings (SSSR count). The van der Waals surface area contributed by atoms with Gasteiger partial charge in [-0.2, -0.15) is 0 Å². The first-order chi connectivity index (χ1) is 7.49. The van der Waals surface area contributed by atoms with Gasteiger partial charge in [0.05, 0.1) is 10.5 Å². The van der Waals surface area contributed by atoms with Gasteiger partial charge >= 0.3 is 5.69 Å². The van der Waals surface area contributed by atoms with Crippen molar-refractivity contribution in [1.29, 1.82) is 0 Å². The summed E-state index contributed by atoms with van der Waals surface area (Å²) < 4.78 is 0. The van der Waals surface area contributed by atoms with Crippen LogP contribution in [0.5, 0.6) is 0 Å². The van der Waals surface area contributed by atoms with E-state index in [1.54, 1.807) is 12.3 Å². The van der Waals surface area contributed by atoms with Crippen molar-refractivity contribution >= 4 is 22.0 Å². The summed E-state index contributed by atoms with van der Waals surface area (Å²) in [7, 11) is 0. The second-order valence-corrected chi connectivity index (χ2v) is 5.28. The Morgan fingerprint density at radius 2 is 2.44 bits per heavy atom. The molecule has 0 radical (unpaired) electrons. The van der Waals surface area contributed by atoms with Crippen LogP contribution in [-0.4, -0.2) is 28.7 Å². The molecule has 0 amide bonds. The molecule has 1 aromatic heterocycles. The van der Waals surface area contributed by atoms with Gasteiger partial charge in [0.15, 0.2) is 5.00 Å². The van der Waals surface area contributed by atoms with E-state index in [1.807, 2.05) is 4.90 Å². The first-order valence-electron chi connectivity index (χ1n) is 5.19. The average Bonchev–Trinajstić information content (AvgIpc) is 2.64. The summed E-state index contributed by atoms with van der Waals surface area (Å²) in [5.41, 5.74) is -0.599. The zero-order chi connectivity index (χ0) is 11.8. The number of rotatable bonds is 2. The van der Waals surface area contributed by atoms with Crippen molar-refractivity contribution in [3.05, 3.63) is 21.6 Å². The molecule has 1 aliphatic rings. The van der Waals surface area contributed by atoms with E-state index in [1.165, 1.54) is 17.4 Å². The number of anilines is 1. The molecule has 1 fully saturated rings. The SMILES string of the molecule is C[C@]1(O)CCCN(c2sccc2[N+](=O)[O-])C1. The standard InChI is InChI=1S/C10H14N2O3S/c1-10(13)4-2-5-11(7-10)9-8(12(14)15)3-6-16-9/h3,6,13H,2,4-5,7H2,1H3/t10-/m0/s1. The summed E-state index contributed by atoms with van der Waals surface area (Å²) in [5, 5.41) is 23.2. The Balaban J connectivity index is 2.23. The third-order valence-electron chi connectivity index (χ3n) is 2.78. The summed E-state index contributed by atoms with van der Waals surface area (Å²) in [6.07, 6.45) is 1.62. The Hall–Kier alpha value is -1.14. The van der Waals surface area contributed by atoms with Gasteiger partial charge in [-0.25, -0.2) is 0 Å². The zero-order valence-electron chi connectivity index (χ0n) is 9.05. The molecule has 1 N–H and O–H groups in total. The van der Waals surface area contributed by atoms with Crippen molar-refractivity contribution in [2.24, 2.45) is 0 Å². The van der Waals surface area contributed by atoms with Crippen LogP contribution in [-0.2, 0) is 0 Å². The number of aliphatic hydroxyl groups is 1. The molecular formula is C10H14N2O3S. The maximum Gasteiger partial charge on any atom is 0.303 e. The largest absolute Gasteiger partial charge is 0.388 e. The van der Waals surface area contributed by atoms with Crippen LogP contribution in [0.25, 0.3) is 0 Å². The molecular weight excluding hydrogens is 228 g/mol. The first-order valence-corrected chi connectivity index (χ1v) is 6.07. The van der Waals surface area contributed by atoms with Crippen LogP contribution in [0.2, 0.25) is 0 Å². The minimum Gasteiger partial charge on any atom is -0.388 e. The molecule has 1 aliphatic heterocycles. The van der Waals surface area contributed by atoms with Crippen LogP contribution in [0, 0.1) is 10.1 Å². The molecule has 6 heteroatoms. The van der Waals surface area contributed by atoms with Crippen LogP contribution in [0.15, 0.2) is 11.4 Å². The number of nitro groups is 1. The van der Waals surface area contributed by atoms with Gasteiger partial charge in [0.1, 0.15) is 0 Å². The van der Waals surface area contributed by atoms with Gasteiger partial charge in [0, 0.05) is 19.2 Å². The normalized spacial score (nSPS) is 25.8. The van der Waals surface area contributed by atoms with E-state index in [9.17, 15) is 15.2 Å². The number of piperidine rings is 1. The minimum absolute atomic E-state index is 0.141. The maximum atomic E-state index is 10.8. The van der Waals surface area contributed by atoms with E-state index in [-0.39, 0.29) is 10.6 Å². The first kappa shape index (κ1) is 11.3. The van der Waals surface area contributed by atoms with E-state index in [4.69, 9.17) is 0 Å². The fourth-order valence-electron chi connectivity index (χ4n) is 2.06. The predicted octanol–water partition coefficient (Wildman–Crippen LogP) is 2.01. The monoisotopic (exact) mass is 242 g/mol. The van der Waals surface area contributed by atoms with Crippen molar-refractivity contribution in [2.45, 2.75) is 25.4 Å². The van der Waals surface area contributed by atoms with Crippen LogP contribution in [0.3, 0.4) is 0 Å². The van der Waals surface area contributed by atoms with Crippen molar-refractivity contribution in [3.8, 4) is 0 Å². The van der Waals surface area contributed by atoms with Gasteiger partial charge in [-0.05, 0) is 25.1 Å². The van der Waals surface area contributed by atoms with E-state index < -0.39 is 5.60 Å². The van der Waals surface area contributed by atoms with Crippen molar-refractivity contribution in [1.82, 2.24) is 0 Å². The molecule has 2 heterocycles. The van der Waals surface area contributed by atoms with Gasteiger partial charge in [0.25, 0.3) is 0 Å². The Bertz CT molecular complexity index is 403. The Labute approximate surface area is 97.5 Å². The number of hydrogen-bond donors (Lipinski definition) is 1. The molecule has 5 nitrogen and oxygen atoms in total. The molecule has 0 aliphatic carbocycles. The summed E-state index contributed by atoms with van der Waals surface area (Å²) in [6.45, 7) is 3.02. The fourth-order valence-corrected chi connectivity index (χ4v) is 2.96. The molecule has 1 saturated heterocycles. The fraction of sp³-hybridized carbons (Fsp3) is 0.600. The van der Waals surface area contributed by atoms with E-state index in [0.717, 1.165) is 19.4 Å². The summed E-state index contributed by atoms with van der Waals surface area (Å²) >= 11 is 1.36. The third kappa shape index (κ3) is 2.17. The third-order valence-corrected chi connectivity index (χ3v) is 3.75. The minimum atomic E-state index is -0.740. The van der Waals surface area contributed by atoms with Crippen molar-refractivity contribution < 1.29 is 10.0 Å². The molecule has 0 spiro atoms. The lowest BCUT2D eigenvalue weighted by molar-refractivity contribution is -0.383. The number of β-amino-alcohol motifs (C(OH)–C–C–N with tert-alkyl or cyclic N) is 1. The average molecular weight is 242 g/mol. The van der Waals surface area contributed by atoms with E-state index >= 15 is 0 Å². The number of hydrogen-bond acceptors (Lipinski definition) is 5. The highest BCUT2D eigenvalue weighted by Crippen LogP contribution is 2.37. The topological polar surface area (TPSA) is 66.6 Å². The highest BCUT2D eigenvalue weighted by atomic mass is 32.1. The Kier molecular flexibility index (Phi) is 2.86. The quantitative estimate of drug-likeness (QED) is 0.636. The highest BCUT2D eigenvalue weighted by Gasteiger charge is 2.32. The Morgan fingerprint density at radius 1 is 1.69 bits per heavy atom. The molecule has 0 unspecified atom stereocenters. The summed E-state index contributed by atoms with van der Waals surface area (Å²) in [4.78, 5) is 12.4. The van der Waals surface area contributed by atoms with E-state index in [2.05, 4.69) is 0 Å². The second-order valence-electron chi connectivity index (χ2n) is 4.39. The van der Waals surface area contributed by atoms with Crippen LogP contribution < -0.4 is 4.90 Å². The molecule has 0 aromatic carbocycles. The Morgan fingerprint density at radius 3 is 3.06 bits per heavy atom. The predicted molar refractivity (Wildman–Crippen MR) is 63.0 cm³/mol. The van der Waals surface area contributed by atoms with Crippen molar-refractivity contribution in [3.63, 3.8) is 0 Å². The molecule has 88 valence electrons. The van der Waals surface area contributed by atoms with E-state index in [0.29, 0.717) is 11.5 Å². The van der Waals surface area contributed by atoms with Gasteiger partial charge in [-0.15, -0.1) is 11.3 Å². The maximum absolute atomic E-state index is 10.8. The number of thiophene rings is 1. The summed E-state index contributed by atoms with van der Waals surface area (Å²) in [5.74, 6) is 0. The zero-order valence-corrected chi connectivity index (χ0v) is 9.87. The van der Waals surface area contributed by atoms with Crippen LogP contribution in [0.1, 0.15) is 19.8 Å². The molecule has 0 saturated carbocycles. The van der Waals surface area contributed by atoms with Crippen LogP contribution in [0.4, 0.5) is 10.7 Å². The van der Waals surface area contributed by atoms with Gasteiger partial charge in [-0.1, -0.05) is 0 Å². The van der Waals surface area contributed by atoms with Gasteiger partial charge < -0.3 is 10.0 Å². The smallest absolute Gasteiger partial charge is 0.303 e. The molecule has 16 heavy (non-hydrogen) atoms. The molecule has 1 aromatic rings. The van der Waals surface area contributed by atoms with Crippen molar-refractivity contribution in [2.75, 3.05) is 18.0 Å². The lowest BCUT2D eigenvalue weighted by Crippen LogP contribution is -2.46. The lowest BCUT2D eigenvalue weighted by atomic mass is 9.95. The molecule has 1 atom stereocenters. The number of nitrogens with zero attached hydrogens (tertiary/aromatic N) is 2. The highest BCUT2D eigenvalue weighted by molar-refractivity contribution is 7.14. The van der Waals surface area contributed by atoms with Gasteiger partial charge in [0.2, 0.25) is 0 Å². The van der Waals surface area contributed by atoms with Crippen LogP contribution >= 0.6 is 11.3 Å². The molecule has 0 bridgehead atoms. The van der Waals surface area contributed by atoms with Gasteiger partial charge in [-0.3, -0.25) is 10.1 Å². The second kappa shape index (κ2) is 4.03. The lowest BCUT2D eigenvalue weighted by Gasteiger charge is -2.36. The summed E-state index contributed by atoms with van der Waals surface area (Å²) in [6, 6.07) is 1.52.